The van der Waals surface area contributed by atoms with Crippen molar-refractivity contribution in [2.24, 2.45) is 0 Å². The van der Waals surface area contributed by atoms with Crippen LogP contribution in [-0.2, 0) is 26.9 Å². The molecule has 0 bridgehead atoms. The molecule has 2 aromatic rings. The van der Waals surface area contributed by atoms with Crippen LogP contribution in [0.3, 0.4) is 0 Å². The minimum Gasteiger partial charge on any atom is -0.492 e. The first kappa shape index (κ1) is 30.9. The topological polar surface area (TPSA) is 94.5 Å². The van der Waals surface area contributed by atoms with Crippen molar-refractivity contribution in [2.75, 3.05) is 39.5 Å². The predicted molar refractivity (Wildman–Crippen MR) is 133 cm³/mol. The van der Waals surface area contributed by atoms with E-state index in [9.17, 15) is 27.9 Å². The number of hydrogen-bond acceptors (Lipinski definition) is 6. The van der Waals surface area contributed by atoms with Gasteiger partial charge < -0.3 is 29.0 Å². The molecule has 38 heavy (non-hydrogen) atoms. The van der Waals surface area contributed by atoms with Crippen LogP contribution in [0.4, 0.5) is 18.0 Å². The Balaban J connectivity index is 1.96. The second kappa shape index (κ2) is 15.8. The number of rotatable bonds is 16. The quantitative estimate of drug-likeness (QED) is 0.283. The number of aliphatic carboxylic acids is 1. The Labute approximate surface area is 220 Å². The van der Waals surface area contributed by atoms with Gasteiger partial charge in [-0.15, -0.1) is 0 Å². The Morgan fingerprint density at radius 2 is 1.71 bits per heavy atom. The van der Waals surface area contributed by atoms with E-state index >= 15 is 0 Å². The number of carbonyl (C=O) groups excluding carboxylic acids is 1. The Hall–Kier alpha value is -3.31. The lowest BCUT2D eigenvalue weighted by Gasteiger charge is -2.22. The molecule has 0 aliphatic heterocycles. The van der Waals surface area contributed by atoms with Gasteiger partial charge in [0.25, 0.3) is 0 Å². The highest BCUT2D eigenvalue weighted by molar-refractivity contribution is 5.72. The summed E-state index contributed by atoms with van der Waals surface area (Å²) in [4.78, 5) is 25.4. The molecule has 0 spiro atoms. The lowest BCUT2D eigenvalue weighted by atomic mass is 10.1. The van der Waals surface area contributed by atoms with Crippen molar-refractivity contribution in [3.05, 3.63) is 59.7 Å². The summed E-state index contributed by atoms with van der Waals surface area (Å²) in [6.45, 7) is 5.49. The Morgan fingerprint density at radius 1 is 0.974 bits per heavy atom. The van der Waals surface area contributed by atoms with Crippen molar-refractivity contribution in [1.82, 2.24) is 4.90 Å². The smallest absolute Gasteiger partial charge is 0.416 e. The summed E-state index contributed by atoms with van der Waals surface area (Å²) in [6.07, 6.45) is -4.72. The fraction of sp³-hybridized carbons (Fsp3) is 0.481. The van der Waals surface area contributed by atoms with E-state index in [-0.39, 0.29) is 38.5 Å². The fourth-order valence-electron chi connectivity index (χ4n) is 3.43. The number of halogens is 3. The summed E-state index contributed by atoms with van der Waals surface area (Å²) in [6, 6.07) is 11.0. The summed E-state index contributed by atoms with van der Waals surface area (Å²) < 4.78 is 60.6. The fourth-order valence-corrected chi connectivity index (χ4v) is 3.43. The zero-order chi connectivity index (χ0) is 28.0. The van der Waals surface area contributed by atoms with Crippen molar-refractivity contribution in [2.45, 2.75) is 45.4 Å². The number of carboxylic acids is 1. The number of nitrogens with zero attached hydrogens (tertiary/aromatic N) is 1. The van der Waals surface area contributed by atoms with E-state index < -0.39 is 29.9 Å². The Bertz CT molecular complexity index is 999. The molecule has 0 aliphatic rings. The first-order valence-corrected chi connectivity index (χ1v) is 12.4. The summed E-state index contributed by atoms with van der Waals surface area (Å²) >= 11 is 0. The molecule has 0 fully saturated rings. The van der Waals surface area contributed by atoms with E-state index in [2.05, 4.69) is 0 Å². The molecule has 0 saturated carbocycles. The van der Waals surface area contributed by atoms with Crippen LogP contribution >= 0.6 is 0 Å². The summed E-state index contributed by atoms with van der Waals surface area (Å²) in [5.41, 5.74) is -0.151. The van der Waals surface area contributed by atoms with Crippen molar-refractivity contribution >= 4 is 12.1 Å². The molecule has 2 rings (SSSR count). The van der Waals surface area contributed by atoms with Gasteiger partial charge in [0.1, 0.15) is 18.1 Å². The molecule has 0 radical (unpaired) electrons. The maximum atomic E-state index is 13.0. The maximum absolute atomic E-state index is 13.0. The molecule has 210 valence electrons. The highest BCUT2D eigenvalue weighted by Gasteiger charge is 2.31. The van der Waals surface area contributed by atoms with Crippen LogP contribution in [0, 0.1) is 0 Å². The average Bonchev–Trinajstić information content (AvgIpc) is 2.87. The zero-order valence-corrected chi connectivity index (χ0v) is 21.5. The molecule has 8 nitrogen and oxygen atoms in total. The second-order valence-electron chi connectivity index (χ2n) is 8.33. The maximum Gasteiger partial charge on any atom is 0.416 e. The molecule has 0 aliphatic carbocycles. The van der Waals surface area contributed by atoms with Crippen LogP contribution in [0.25, 0.3) is 0 Å². The van der Waals surface area contributed by atoms with Crippen molar-refractivity contribution in [3.63, 3.8) is 0 Å². The number of carbonyl (C=O) groups is 2. The number of alkyl halides is 3. The van der Waals surface area contributed by atoms with E-state index in [1.807, 2.05) is 6.92 Å². The largest absolute Gasteiger partial charge is 0.492 e. The average molecular weight is 542 g/mol. The van der Waals surface area contributed by atoms with E-state index in [1.54, 1.807) is 31.2 Å². The van der Waals surface area contributed by atoms with Gasteiger partial charge in [-0.1, -0.05) is 25.1 Å². The lowest BCUT2D eigenvalue weighted by molar-refractivity contribution is -0.150. The van der Waals surface area contributed by atoms with Gasteiger partial charge in [-0.05, 0) is 55.7 Å². The number of benzene rings is 2. The van der Waals surface area contributed by atoms with Crippen molar-refractivity contribution in [1.29, 1.82) is 0 Å². The van der Waals surface area contributed by atoms with Crippen LogP contribution in [0.2, 0.25) is 0 Å². The third-order valence-corrected chi connectivity index (χ3v) is 5.31. The summed E-state index contributed by atoms with van der Waals surface area (Å²) in [7, 11) is 0. The van der Waals surface area contributed by atoms with Crippen molar-refractivity contribution < 1.29 is 46.8 Å². The molecule has 0 heterocycles. The molecule has 2 aromatic carbocycles. The van der Waals surface area contributed by atoms with Crippen LogP contribution in [-0.4, -0.2) is 67.7 Å². The molecule has 1 amide bonds. The van der Waals surface area contributed by atoms with Crippen LogP contribution in [0.5, 0.6) is 11.5 Å². The van der Waals surface area contributed by atoms with Crippen molar-refractivity contribution in [3.8, 4) is 11.5 Å². The number of amides is 1. The first-order chi connectivity index (χ1) is 18.1. The third kappa shape index (κ3) is 11.0. The zero-order valence-electron chi connectivity index (χ0n) is 21.5. The van der Waals surface area contributed by atoms with Gasteiger partial charge in [0.05, 0.1) is 12.1 Å². The molecular weight excluding hydrogens is 507 g/mol. The molecule has 11 heteroatoms. The highest BCUT2D eigenvalue weighted by atomic mass is 19.4. The standard InChI is InChI=1S/C27H34F3NO7/c1-3-15-35-16-6-13-31(26(34)38-23-8-5-7-21(19-23)27(28,29)30)14-17-37-22-11-9-20(10-12-22)18-24(25(32)33)36-4-2/h5,7-12,19,24H,3-4,6,13-18H2,1-2H3,(H,32,33). The van der Waals surface area contributed by atoms with Gasteiger partial charge in [-0.2, -0.15) is 13.2 Å². The van der Waals surface area contributed by atoms with Crippen LogP contribution in [0.15, 0.2) is 48.5 Å². The van der Waals surface area contributed by atoms with Gasteiger partial charge in [-0.3, -0.25) is 0 Å². The molecule has 0 saturated heterocycles. The Morgan fingerprint density at radius 3 is 2.34 bits per heavy atom. The molecular formula is C27H34F3NO7. The van der Waals surface area contributed by atoms with Crippen LogP contribution in [0.1, 0.15) is 37.8 Å². The molecule has 1 N–H and O–H groups in total. The highest BCUT2D eigenvalue weighted by Crippen LogP contribution is 2.31. The minimum absolute atomic E-state index is 0.101. The predicted octanol–water partition coefficient (Wildman–Crippen LogP) is 5.43. The molecule has 1 unspecified atom stereocenters. The number of ether oxygens (including phenoxy) is 4. The van der Waals surface area contributed by atoms with Gasteiger partial charge >= 0.3 is 18.2 Å². The SMILES string of the molecule is CCCOCCCN(CCOc1ccc(CC(OCC)C(=O)O)cc1)C(=O)Oc1cccc(C(F)(F)F)c1. The monoisotopic (exact) mass is 541 g/mol. The molecule has 1 atom stereocenters. The van der Waals surface area contributed by atoms with Gasteiger partial charge in [0.2, 0.25) is 0 Å². The van der Waals surface area contributed by atoms with Gasteiger partial charge in [0, 0.05) is 32.8 Å². The van der Waals surface area contributed by atoms with Gasteiger partial charge in [-0.25, -0.2) is 9.59 Å². The van der Waals surface area contributed by atoms with Gasteiger partial charge in [0.15, 0.2) is 6.10 Å². The van der Waals surface area contributed by atoms with E-state index in [1.165, 1.54) is 17.0 Å². The minimum atomic E-state index is -4.56. The molecule has 0 aromatic heterocycles. The lowest BCUT2D eigenvalue weighted by Crippen LogP contribution is -2.38. The first-order valence-electron chi connectivity index (χ1n) is 12.4. The van der Waals surface area contributed by atoms with E-state index in [0.29, 0.717) is 25.4 Å². The number of hydrogen-bond donors (Lipinski definition) is 1. The second-order valence-corrected chi connectivity index (χ2v) is 8.33. The van der Waals surface area contributed by atoms with E-state index in [0.717, 1.165) is 24.1 Å². The van der Waals surface area contributed by atoms with E-state index in [4.69, 9.17) is 18.9 Å². The third-order valence-electron chi connectivity index (χ3n) is 5.31. The Kier molecular flexibility index (Phi) is 12.9. The number of carboxylic acid groups (broad SMARTS) is 1. The summed E-state index contributed by atoms with van der Waals surface area (Å²) in [5.74, 6) is -0.737. The summed E-state index contributed by atoms with van der Waals surface area (Å²) in [5, 5.41) is 9.23. The van der Waals surface area contributed by atoms with Crippen LogP contribution < -0.4 is 9.47 Å². The normalized spacial score (nSPS) is 12.1.